The third-order valence-electron chi connectivity index (χ3n) is 1.84. The first-order valence-electron chi connectivity index (χ1n) is 3.68. The third kappa shape index (κ3) is 1.33. The number of pyridine rings is 1. The molecule has 1 aromatic heterocycles. The predicted molar refractivity (Wildman–Crippen MR) is 53.9 cm³/mol. The zero-order valence-corrected chi connectivity index (χ0v) is 8.13. The van der Waals surface area contributed by atoms with E-state index in [2.05, 4.69) is 20.9 Å². The fourth-order valence-electron chi connectivity index (χ4n) is 1.21. The van der Waals surface area contributed by atoms with Gasteiger partial charge in [-0.1, -0.05) is 0 Å². The molecule has 13 heavy (non-hydrogen) atoms. The predicted octanol–water partition coefficient (Wildman–Crippen LogP) is 2.00. The van der Waals surface area contributed by atoms with Crippen LogP contribution in [0.4, 0.5) is 0 Å². The van der Waals surface area contributed by atoms with E-state index < -0.39 is 0 Å². The minimum atomic E-state index is -0.200. The molecule has 0 atom stereocenters. The van der Waals surface area contributed by atoms with E-state index in [4.69, 9.17) is 0 Å². The van der Waals surface area contributed by atoms with Gasteiger partial charge in [-0.25, -0.2) is 0 Å². The average Bonchev–Trinajstić information content (AvgIpc) is 2.12. The Hall–Kier alpha value is -1.29. The van der Waals surface area contributed by atoms with Crippen LogP contribution in [-0.4, -0.2) is 10.1 Å². The molecule has 1 heterocycles. The van der Waals surface area contributed by atoms with E-state index in [1.807, 2.05) is 0 Å². The molecule has 0 radical (unpaired) electrons. The number of benzene rings is 1. The Bertz CT molecular complexity index is 518. The lowest BCUT2D eigenvalue weighted by molar-refractivity contribution is 0.476. The lowest BCUT2D eigenvalue weighted by Gasteiger charge is -1.99. The summed E-state index contributed by atoms with van der Waals surface area (Å²) in [6, 6.07) is 4.69. The highest BCUT2D eigenvalue weighted by atomic mass is 79.9. The van der Waals surface area contributed by atoms with Crippen molar-refractivity contribution in [3.8, 4) is 5.75 Å². The first kappa shape index (κ1) is 8.31. The Kier molecular flexibility index (Phi) is 1.84. The summed E-state index contributed by atoms with van der Waals surface area (Å²) in [6.45, 7) is 0. The molecule has 0 aliphatic carbocycles. The lowest BCUT2D eigenvalue weighted by atomic mass is 10.2. The summed E-state index contributed by atoms with van der Waals surface area (Å²) < 4.78 is 0.808. The first-order valence-corrected chi connectivity index (χ1v) is 4.48. The molecular weight excluding hydrogens is 234 g/mol. The molecule has 2 N–H and O–H groups in total. The quantitative estimate of drug-likeness (QED) is 0.739. The molecule has 0 aliphatic rings. The molecule has 2 aromatic rings. The van der Waals surface area contributed by atoms with Crippen LogP contribution in [0.1, 0.15) is 0 Å². The number of halogens is 1. The van der Waals surface area contributed by atoms with Crippen molar-refractivity contribution in [2.75, 3.05) is 0 Å². The SMILES string of the molecule is O=c1[nH]cc(Br)c2ccc(O)cc12. The highest BCUT2D eigenvalue weighted by Gasteiger charge is 2.02. The largest absolute Gasteiger partial charge is 0.508 e. The van der Waals surface area contributed by atoms with Gasteiger partial charge in [-0.2, -0.15) is 0 Å². The van der Waals surface area contributed by atoms with Gasteiger partial charge in [-0.15, -0.1) is 0 Å². The normalized spacial score (nSPS) is 10.5. The van der Waals surface area contributed by atoms with Crippen molar-refractivity contribution in [2.45, 2.75) is 0 Å². The fourth-order valence-corrected chi connectivity index (χ4v) is 1.67. The van der Waals surface area contributed by atoms with Gasteiger partial charge in [0.1, 0.15) is 5.75 Å². The maximum Gasteiger partial charge on any atom is 0.256 e. The Morgan fingerprint density at radius 3 is 2.85 bits per heavy atom. The molecule has 0 aliphatic heterocycles. The maximum atomic E-state index is 11.3. The van der Waals surface area contributed by atoms with E-state index in [0.29, 0.717) is 5.39 Å². The minimum Gasteiger partial charge on any atom is -0.508 e. The van der Waals surface area contributed by atoms with Crippen molar-refractivity contribution in [1.82, 2.24) is 4.98 Å². The van der Waals surface area contributed by atoms with Gasteiger partial charge in [0.2, 0.25) is 0 Å². The molecule has 0 bridgehead atoms. The van der Waals surface area contributed by atoms with Gasteiger partial charge in [0, 0.05) is 16.1 Å². The van der Waals surface area contributed by atoms with Crippen LogP contribution in [0.15, 0.2) is 33.7 Å². The number of nitrogens with one attached hydrogen (secondary N) is 1. The number of H-pyrrole nitrogens is 1. The third-order valence-corrected chi connectivity index (χ3v) is 2.49. The van der Waals surface area contributed by atoms with E-state index in [0.717, 1.165) is 9.86 Å². The Morgan fingerprint density at radius 2 is 2.08 bits per heavy atom. The summed E-state index contributed by atoms with van der Waals surface area (Å²) in [5.74, 6) is 0.0936. The number of aromatic hydroxyl groups is 1. The van der Waals surface area contributed by atoms with Crippen molar-refractivity contribution >= 4 is 26.7 Å². The van der Waals surface area contributed by atoms with Crippen LogP contribution in [0, 0.1) is 0 Å². The number of phenols is 1. The standard InChI is InChI=1S/C9H6BrNO2/c10-8-4-11-9(13)7-3-5(12)1-2-6(7)8/h1-4,12H,(H,11,13). The van der Waals surface area contributed by atoms with Gasteiger partial charge in [0.25, 0.3) is 5.56 Å². The molecule has 0 saturated carbocycles. The summed E-state index contributed by atoms with van der Waals surface area (Å²) in [5.41, 5.74) is -0.200. The maximum absolute atomic E-state index is 11.3. The molecule has 1 aromatic carbocycles. The number of fused-ring (bicyclic) bond motifs is 1. The average molecular weight is 240 g/mol. The Morgan fingerprint density at radius 1 is 1.31 bits per heavy atom. The van der Waals surface area contributed by atoms with E-state index in [-0.39, 0.29) is 11.3 Å². The molecule has 0 unspecified atom stereocenters. The fraction of sp³-hybridized carbons (Fsp3) is 0. The van der Waals surface area contributed by atoms with Gasteiger partial charge < -0.3 is 10.1 Å². The van der Waals surface area contributed by atoms with Gasteiger partial charge in [0.05, 0.1) is 5.39 Å². The highest BCUT2D eigenvalue weighted by molar-refractivity contribution is 9.10. The Labute approximate surface area is 82.2 Å². The van der Waals surface area contributed by atoms with E-state index in [1.165, 1.54) is 6.07 Å². The second-order valence-electron chi connectivity index (χ2n) is 2.70. The first-order chi connectivity index (χ1) is 6.18. The summed E-state index contributed by atoms with van der Waals surface area (Å²) in [5, 5.41) is 10.5. The van der Waals surface area contributed by atoms with Crippen LogP contribution in [0.2, 0.25) is 0 Å². The van der Waals surface area contributed by atoms with Crippen molar-refractivity contribution < 1.29 is 5.11 Å². The molecule has 0 amide bonds. The number of aromatic amines is 1. The van der Waals surface area contributed by atoms with Crippen molar-refractivity contribution in [3.05, 3.63) is 39.2 Å². The van der Waals surface area contributed by atoms with Gasteiger partial charge >= 0.3 is 0 Å². The second kappa shape index (κ2) is 2.88. The molecule has 66 valence electrons. The van der Waals surface area contributed by atoms with Crippen molar-refractivity contribution in [1.29, 1.82) is 0 Å². The van der Waals surface area contributed by atoms with E-state index >= 15 is 0 Å². The molecule has 0 fully saturated rings. The number of phenolic OH excluding ortho intramolecular Hbond substituents is 1. The highest BCUT2D eigenvalue weighted by Crippen LogP contribution is 2.23. The number of hydrogen-bond acceptors (Lipinski definition) is 2. The topological polar surface area (TPSA) is 53.1 Å². The zero-order valence-electron chi connectivity index (χ0n) is 6.54. The molecule has 4 heteroatoms. The molecule has 0 spiro atoms. The number of rotatable bonds is 0. The van der Waals surface area contributed by atoms with Gasteiger partial charge in [-0.05, 0) is 34.1 Å². The summed E-state index contributed by atoms with van der Waals surface area (Å²) >= 11 is 3.30. The lowest BCUT2D eigenvalue weighted by Crippen LogP contribution is -2.04. The number of hydrogen-bond donors (Lipinski definition) is 2. The van der Waals surface area contributed by atoms with Crippen LogP contribution in [0.3, 0.4) is 0 Å². The van der Waals surface area contributed by atoms with Gasteiger partial charge in [-0.3, -0.25) is 4.79 Å². The zero-order chi connectivity index (χ0) is 9.42. The Balaban J connectivity index is 3.01. The van der Waals surface area contributed by atoms with Crippen molar-refractivity contribution in [3.63, 3.8) is 0 Å². The van der Waals surface area contributed by atoms with Gasteiger partial charge in [0.15, 0.2) is 0 Å². The van der Waals surface area contributed by atoms with Crippen LogP contribution in [0.25, 0.3) is 10.8 Å². The number of aromatic nitrogens is 1. The van der Waals surface area contributed by atoms with Crippen LogP contribution in [-0.2, 0) is 0 Å². The van der Waals surface area contributed by atoms with E-state index in [9.17, 15) is 9.90 Å². The van der Waals surface area contributed by atoms with Crippen molar-refractivity contribution in [2.24, 2.45) is 0 Å². The molecule has 0 saturated heterocycles. The minimum absolute atomic E-state index is 0.0936. The van der Waals surface area contributed by atoms with Crippen LogP contribution in [0.5, 0.6) is 5.75 Å². The summed E-state index contributed by atoms with van der Waals surface area (Å²) in [6.07, 6.45) is 1.59. The monoisotopic (exact) mass is 239 g/mol. The molecular formula is C9H6BrNO2. The summed E-state index contributed by atoms with van der Waals surface area (Å²) in [7, 11) is 0. The van der Waals surface area contributed by atoms with Crippen LogP contribution >= 0.6 is 15.9 Å². The molecule has 2 rings (SSSR count). The van der Waals surface area contributed by atoms with Crippen LogP contribution < -0.4 is 5.56 Å². The summed E-state index contributed by atoms with van der Waals surface area (Å²) in [4.78, 5) is 13.9. The smallest absolute Gasteiger partial charge is 0.256 e. The molecule has 3 nitrogen and oxygen atoms in total. The van der Waals surface area contributed by atoms with E-state index in [1.54, 1.807) is 18.3 Å². The second-order valence-corrected chi connectivity index (χ2v) is 3.55.